The second-order valence-corrected chi connectivity index (χ2v) is 8.66. The van der Waals surface area contributed by atoms with E-state index in [0.29, 0.717) is 12.8 Å². The van der Waals surface area contributed by atoms with Crippen LogP contribution >= 0.6 is 0 Å². The Kier molecular flexibility index (Phi) is 5.42. The number of alkyl carbamates (subject to hydrolysis) is 1. The average Bonchev–Trinajstić information content (AvgIpc) is 2.61. The Morgan fingerprint density at radius 3 is 2.44 bits per heavy atom. The summed E-state index contributed by atoms with van der Waals surface area (Å²) in [5, 5.41) is 2.57. The van der Waals surface area contributed by atoms with E-state index in [9.17, 15) is 13.8 Å². The standard InChI is InChI=1S/C18H23NO5S/c1-23-16(20)18(10-14-8-5-9-15(11-18)25(14)22)19-17(21)24-12-13-6-3-2-4-7-13/h2-4,6-7,14-15H,5,8-12H2,1H3,(H,19,21). The van der Waals surface area contributed by atoms with Gasteiger partial charge in [-0.1, -0.05) is 36.8 Å². The molecule has 0 spiro atoms. The summed E-state index contributed by atoms with van der Waals surface area (Å²) in [6, 6.07) is 9.33. The lowest BCUT2D eigenvalue weighted by Crippen LogP contribution is -2.62. The van der Waals surface area contributed by atoms with Crippen molar-refractivity contribution in [3.8, 4) is 0 Å². The highest BCUT2D eigenvalue weighted by molar-refractivity contribution is 7.86. The lowest BCUT2D eigenvalue weighted by atomic mass is 9.82. The molecule has 1 amide bonds. The van der Waals surface area contributed by atoms with Crippen LogP contribution in [-0.2, 0) is 31.7 Å². The summed E-state index contributed by atoms with van der Waals surface area (Å²) in [5.41, 5.74) is -0.280. The Labute approximate surface area is 149 Å². The number of benzene rings is 1. The number of fused-ring (bicyclic) bond motifs is 2. The smallest absolute Gasteiger partial charge is 0.408 e. The summed E-state index contributed by atoms with van der Waals surface area (Å²) in [5.74, 6) is -0.488. The predicted molar refractivity (Wildman–Crippen MR) is 93.3 cm³/mol. The van der Waals surface area contributed by atoms with E-state index in [1.165, 1.54) is 7.11 Å². The first-order valence-corrected chi connectivity index (χ1v) is 9.78. The van der Waals surface area contributed by atoms with Gasteiger partial charge in [0, 0.05) is 21.3 Å². The first-order chi connectivity index (χ1) is 12.0. The zero-order valence-corrected chi connectivity index (χ0v) is 15.1. The molecule has 2 heterocycles. The molecule has 1 aromatic rings. The van der Waals surface area contributed by atoms with Crippen molar-refractivity contribution < 1.29 is 23.3 Å². The van der Waals surface area contributed by atoms with Crippen LogP contribution in [0.5, 0.6) is 0 Å². The first-order valence-electron chi connectivity index (χ1n) is 8.51. The van der Waals surface area contributed by atoms with Gasteiger partial charge in [-0.15, -0.1) is 0 Å². The van der Waals surface area contributed by atoms with E-state index in [-0.39, 0.29) is 17.1 Å². The largest absolute Gasteiger partial charge is 0.467 e. The number of nitrogens with one attached hydrogen (secondary N) is 1. The maximum absolute atomic E-state index is 12.4. The third-order valence-electron chi connectivity index (χ3n) is 4.99. The van der Waals surface area contributed by atoms with Crippen molar-refractivity contribution in [2.24, 2.45) is 0 Å². The molecule has 0 saturated carbocycles. The summed E-state index contributed by atoms with van der Waals surface area (Å²) in [7, 11) is 0.359. The van der Waals surface area contributed by atoms with Crippen molar-refractivity contribution in [1.29, 1.82) is 0 Å². The lowest BCUT2D eigenvalue weighted by molar-refractivity contribution is -0.149. The van der Waals surface area contributed by atoms with Crippen LogP contribution in [0.2, 0.25) is 0 Å². The number of ether oxygens (including phenoxy) is 2. The highest BCUT2D eigenvalue weighted by Gasteiger charge is 2.52. The molecule has 25 heavy (non-hydrogen) atoms. The number of hydrogen-bond donors (Lipinski definition) is 1. The van der Waals surface area contributed by atoms with Crippen LogP contribution in [0.25, 0.3) is 0 Å². The fourth-order valence-corrected chi connectivity index (χ4v) is 6.02. The summed E-state index contributed by atoms with van der Waals surface area (Å²) in [6.45, 7) is 0.128. The quantitative estimate of drug-likeness (QED) is 0.828. The summed E-state index contributed by atoms with van der Waals surface area (Å²) in [6.07, 6.45) is 2.65. The Hall–Kier alpha value is -1.89. The summed E-state index contributed by atoms with van der Waals surface area (Å²) in [4.78, 5) is 24.7. The van der Waals surface area contributed by atoms with Crippen molar-refractivity contribution in [3.63, 3.8) is 0 Å². The van der Waals surface area contributed by atoms with Gasteiger partial charge >= 0.3 is 12.1 Å². The van der Waals surface area contributed by atoms with Gasteiger partial charge in [0.25, 0.3) is 0 Å². The molecule has 2 aliphatic heterocycles. The monoisotopic (exact) mass is 365 g/mol. The normalized spacial score (nSPS) is 31.0. The Bertz CT molecular complexity index is 647. The fourth-order valence-electron chi connectivity index (χ4n) is 3.78. The maximum atomic E-state index is 12.4. The van der Waals surface area contributed by atoms with Crippen LogP contribution in [0, 0.1) is 0 Å². The molecule has 2 fully saturated rings. The highest BCUT2D eigenvalue weighted by atomic mass is 32.2. The van der Waals surface area contributed by atoms with Crippen LogP contribution < -0.4 is 5.32 Å². The number of carbonyl (C=O) groups excluding carboxylic acids is 2. The molecular weight excluding hydrogens is 342 g/mol. The third-order valence-corrected chi connectivity index (χ3v) is 7.11. The molecule has 1 N–H and O–H groups in total. The molecular formula is C18H23NO5S. The summed E-state index contributed by atoms with van der Waals surface area (Å²) < 4.78 is 22.6. The minimum Gasteiger partial charge on any atom is -0.467 e. The van der Waals surface area contributed by atoms with Gasteiger partial charge in [-0.25, -0.2) is 9.59 Å². The minimum atomic E-state index is -1.15. The SMILES string of the molecule is COC(=O)C1(NC(=O)OCc2ccccc2)CC2CCCC(C1)S2=O. The fraction of sp³-hybridized carbons (Fsp3) is 0.556. The molecule has 2 aliphatic rings. The van der Waals surface area contributed by atoms with Crippen LogP contribution in [0.15, 0.2) is 30.3 Å². The predicted octanol–water partition coefficient (Wildman–Crippen LogP) is 2.29. The molecule has 7 heteroatoms. The molecule has 3 rings (SSSR count). The van der Waals surface area contributed by atoms with E-state index in [4.69, 9.17) is 9.47 Å². The van der Waals surface area contributed by atoms with E-state index in [1.54, 1.807) is 0 Å². The number of esters is 1. The molecule has 0 radical (unpaired) electrons. The van der Waals surface area contributed by atoms with Crippen LogP contribution in [0.3, 0.4) is 0 Å². The summed E-state index contributed by atoms with van der Waals surface area (Å²) >= 11 is 0. The Balaban J connectivity index is 1.70. The van der Waals surface area contributed by atoms with E-state index in [2.05, 4.69) is 5.32 Å². The number of amides is 1. The second kappa shape index (κ2) is 7.56. The van der Waals surface area contributed by atoms with Gasteiger partial charge in [0.2, 0.25) is 0 Å². The maximum Gasteiger partial charge on any atom is 0.408 e. The highest BCUT2D eigenvalue weighted by Crippen LogP contribution is 2.40. The van der Waals surface area contributed by atoms with Crippen molar-refractivity contribution in [3.05, 3.63) is 35.9 Å². The van der Waals surface area contributed by atoms with E-state index in [0.717, 1.165) is 24.8 Å². The van der Waals surface area contributed by atoms with E-state index in [1.807, 2.05) is 30.3 Å². The van der Waals surface area contributed by atoms with E-state index >= 15 is 0 Å². The Morgan fingerprint density at radius 2 is 1.84 bits per heavy atom. The average molecular weight is 365 g/mol. The molecule has 0 aliphatic carbocycles. The molecule has 2 bridgehead atoms. The molecule has 2 unspecified atom stereocenters. The molecule has 1 aromatic carbocycles. The van der Waals surface area contributed by atoms with Crippen LogP contribution in [0.4, 0.5) is 4.79 Å². The van der Waals surface area contributed by atoms with Gasteiger partial charge in [-0.05, 0) is 31.2 Å². The first kappa shape index (κ1) is 17.9. The Morgan fingerprint density at radius 1 is 1.20 bits per heavy atom. The van der Waals surface area contributed by atoms with Gasteiger partial charge in [0.05, 0.1) is 7.11 Å². The van der Waals surface area contributed by atoms with Crippen molar-refractivity contribution in [1.82, 2.24) is 5.32 Å². The van der Waals surface area contributed by atoms with Gasteiger partial charge < -0.3 is 14.8 Å². The molecule has 0 aromatic heterocycles. The molecule has 136 valence electrons. The number of carbonyl (C=O) groups is 2. The second-order valence-electron chi connectivity index (χ2n) is 6.67. The lowest BCUT2D eigenvalue weighted by Gasteiger charge is -2.44. The van der Waals surface area contributed by atoms with E-state index < -0.39 is 28.4 Å². The van der Waals surface area contributed by atoms with Gasteiger partial charge in [0.1, 0.15) is 12.1 Å². The number of hydrogen-bond acceptors (Lipinski definition) is 5. The van der Waals surface area contributed by atoms with Crippen molar-refractivity contribution in [2.75, 3.05) is 7.11 Å². The molecule has 2 atom stereocenters. The van der Waals surface area contributed by atoms with Gasteiger partial charge in [-0.3, -0.25) is 4.21 Å². The zero-order chi connectivity index (χ0) is 17.9. The minimum absolute atomic E-state index is 0.0824. The molecule has 6 nitrogen and oxygen atoms in total. The topological polar surface area (TPSA) is 81.7 Å². The molecule has 2 saturated heterocycles. The third kappa shape index (κ3) is 3.86. The van der Waals surface area contributed by atoms with Gasteiger partial charge in [0.15, 0.2) is 0 Å². The number of rotatable bonds is 4. The zero-order valence-electron chi connectivity index (χ0n) is 14.2. The van der Waals surface area contributed by atoms with Gasteiger partial charge in [-0.2, -0.15) is 0 Å². The van der Waals surface area contributed by atoms with Crippen molar-refractivity contribution in [2.45, 2.75) is 54.7 Å². The number of methoxy groups -OCH3 is 1. The van der Waals surface area contributed by atoms with Crippen LogP contribution in [0.1, 0.15) is 37.7 Å². The van der Waals surface area contributed by atoms with Crippen LogP contribution in [-0.4, -0.2) is 39.4 Å². The van der Waals surface area contributed by atoms with Crippen molar-refractivity contribution >= 4 is 22.9 Å².